The van der Waals surface area contributed by atoms with E-state index in [-0.39, 0.29) is 11.9 Å². The molecule has 0 aromatic heterocycles. The van der Waals surface area contributed by atoms with Gasteiger partial charge < -0.3 is 15.4 Å². The molecule has 5 heteroatoms. The predicted octanol–water partition coefficient (Wildman–Crippen LogP) is 0.466. The van der Waals surface area contributed by atoms with Crippen molar-refractivity contribution in [2.45, 2.75) is 51.6 Å². The van der Waals surface area contributed by atoms with Gasteiger partial charge in [-0.25, -0.2) is 0 Å². The molecule has 96 valence electrons. The summed E-state index contributed by atoms with van der Waals surface area (Å²) in [6.07, 6.45) is 3.40. The third-order valence-corrected chi connectivity index (χ3v) is 3.33. The first-order valence-electron chi connectivity index (χ1n) is 6.13. The summed E-state index contributed by atoms with van der Waals surface area (Å²) >= 11 is 0. The summed E-state index contributed by atoms with van der Waals surface area (Å²) in [5.74, 6) is -1.34. The molecule has 0 aromatic carbocycles. The molecule has 0 aliphatic carbocycles. The average Bonchev–Trinajstić information content (AvgIpc) is 2.58. The largest absolute Gasteiger partial charge is 0.368 e. The zero-order valence-corrected chi connectivity index (χ0v) is 10.4. The van der Waals surface area contributed by atoms with Crippen LogP contribution in [0.3, 0.4) is 0 Å². The summed E-state index contributed by atoms with van der Waals surface area (Å²) in [5.41, 5.74) is 5.31. The van der Waals surface area contributed by atoms with E-state index in [1.54, 1.807) is 0 Å². The molecule has 3 unspecified atom stereocenters. The van der Waals surface area contributed by atoms with Crippen molar-refractivity contribution in [2.75, 3.05) is 0 Å². The zero-order valence-electron chi connectivity index (χ0n) is 10.4. The number of nitrogens with two attached hydrogens (primary N) is 1. The van der Waals surface area contributed by atoms with Crippen LogP contribution in [-0.4, -0.2) is 35.1 Å². The molecule has 2 N–H and O–H groups in total. The summed E-state index contributed by atoms with van der Waals surface area (Å²) in [4.78, 5) is 35.7. The Balaban J connectivity index is 2.94. The molecule has 0 radical (unpaired) electrons. The molecule has 0 saturated carbocycles. The number of amides is 2. The molecule has 0 aromatic rings. The highest BCUT2D eigenvalue weighted by molar-refractivity contribution is 5.96. The number of hydrogen-bond donors (Lipinski definition) is 1. The lowest BCUT2D eigenvalue weighted by molar-refractivity contribution is -0.141. The van der Waals surface area contributed by atoms with Crippen LogP contribution >= 0.6 is 0 Å². The lowest BCUT2D eigenvalue weighted by Gasteiger charge is -2.30. The lowest BCUT2D eigenvalue weighted by atomic mass is 10.0. The summed E-state index contributed by atoms with van der Waals surface area (Å²) in [6, 6.07) is -0.607. The maximum Gasteiger partial charge on any atom is 0.240 e. The van der Waals surface area contributed by atoms with E-state index in [0.29, 0.717) is 19.1 Å². The zero-order chi connectivity index (χ0) is 13.0. The van der Waals surface area contributed by atoms with Crippen molar-refractivity contribution in [1.29, 1.82) is 0 Å². The maximum absolute atomic E-state index is 12.0. The van der Waals surface area contributed by atoms with E-state index in [1.165, 1.54) is 4.90 Å². The van der Waals surface area contributed by atoms with Crippen LogP contribution in [0.25, 0.3) is 0 Å². The monoisotopic (exact) mass is 240 g/mol. The molecular formula is C12H20N2O3. The minimum atomic E-state index is -0.597. The Kier molecular flexibility index (Phi) is 4.66. The van der Waals surface area contributed by atoms with E-state index >= 15 is 0 Å². The smallest absolute Gasteiger partial charge is 0.240 e. The number of hydrogen-bond acceptors (Lipinski definition) is 3. The summed E-state index contributed by atoms with van der Waals surface area (Å²) in [5, 5.41) is 0. The quantitative estimate of drug-likeness (QED) is 0.541. The van der Waals surface area contributed by atoms with Gasteiger partial charge >= 0.3 is 0 Å². The number of likely N-dealkylation sites (tertiary alicyclic amines) is 1. The minimum absolute atomic E-state index is 0.0276. The molecule has 17 heavy (non-hydrogen) atoms. The van der Waals surface area contributed by atoms with Crippen molar-refractivity contribution in [2.24, 2.45) is 11.7 Å². The molecule has 1 saturated heterocycles. The summed E-state index contributed by atoms with van der Waals surface area (Å²) in [7, 11) is 0. The third kappa shape index (κ3) is 2.65. The molecule has 0 spiro atoms. The Hall–Kier alpha value is -1.39. The minimum Gasteiger partial charge on any atom is -0.368 e. The van der Waals surface area contributed by atoms with Crippen molar-refractivity contribution in [3.05, 3.63) is 0 Å². The first-order chi connectivity index (χ1) is 8.06. The molecule has 1 aliphatic rings. The topological polar surface area (TPSA) is 80.5 Å². The van der Waals surface area contributed by atoms with Crippen LogP contribution in [0.2, 0.25) is 0 Å². The fourth-order valence-corrected chi connectivity index (χ4v) is 2.53. The van der Waals surface area contributed by atoms with E-state index in [9.17, 15) is 14.4 Å². The van der Waals surface area contributed by atoms with Crippen molar-refractivity contribution >= 4 is 18.1 Å². The molecule has 2 amide bonds. The van der Waals surface area contributed by atoms with Crippen LogP contribution in [0.15, 0.2) is 0 Å². The van der Waals surface area contributed by atoms with E-state index in [0.717, 1.165) is 12.8 Å². The van der Waals surface area contributed by atoms with Gasteiger partial charge in [0.25, 0.3) is 0 Å². The lowest BCUT2D eigenvalue weighted by Crippen LogP contribution is -2.49. The van der Waals surface area contributed by atoms with E-state index < -0.39 is 17.9 Å². The summed E-state index contributed by atoms with van der Waals surface area (Å²) < 4.78 is 0. The van der Waals surface area contributed by atoms with Gasteiger partial charge in [-0.15, -0.1) is 0 Å². The summed E-state index contributed by atoms with van der Waals surface area (Å²) in [6.45, 7) is 3.84. The second kappa shape index (κ2) is 5.80. The first-order valence-corrected chi connectivity index (χ1v) is 6.13. The number of carbonyl (C=O) groups excluding carboxylic acids is 3. The molecule has 1 heterocycles. The maximum atomic E-state index is 12.0. The number of rotatable bonds is 6. The van der Waals surface area contributed by atoms with Crippen LogP contribution in [0.5, 0.6) is 0 Å². The van der Waals surface area contributed by atoms with Crippen molar-refractivity contribution < 1.29 is 14.4 Å². The van der Waals surface area contributed by atoms with E-state index in [2.05, 4.69) is 0 Å². The Bertz CT molecular complexity index is 317. The van der Waals surface area contributed by atoms with Gasteiger partial charge in [-0.3, -0.25) is 9.59 Å². The second-order valence-electron chi connectivity index (χ2n) is 4.49. The van der Waals surface area contributed by atoms with Gasteiger partial charge in [0.05, 0.1) is 5.92 Å². The molecule has 3 atom stereocenters. The fourth-order valence-electron chi connectivity index (χ4n) is 2.53. The third-order valence-electron chi connectivity index (χ3n) is 3.33. The van der Waals surface area contributed by atoms with Gasteiger partial charge in [-0.2, -0.15) is 0 Å². The Morgan fingerprint density at radius 1 is 1.59 bits per heavy atom. The number of nitrogens with zero attached hydrogens (tertiary/aromatic N) is 1. The highest BCUT2D eigenvalue weighted by Crippen LogP contribution is 2.29. The SMILES string of the molecule is CCCC1CC(C=O)C(=O)N1C(CC)C(N)=O. The van der Waals surface area contributed by atoms with Crippen LogP contribution in [0, 0.1) is 5.92 Å². The highest BCUT2D eigenvalue weighted by atomic mass is 16.2. The van der Waals surface area contributed by atoms with Gasteiger partial charge in [0.2, 0.25) is 11.8 Å². The van der Waals surface area contributed by atoms with Crippen molar-refractivity contribution in [3.8, 4) is 0 Å². The molecule has 1 aliphatic heterocycles. The average molecular weight is 240 g/mol. The molecule has 1 fully saturated rings. The molecule has 5 nitrogen and oxygen atoms in total. The molecular weight excluding hydrogens is 220 g/mol. The van der Waals surface area contributed by atoms with Gasteiger partial charge in [0.15, 0.2) is 0 Å². The van der Waals surface area contributed by atoms with Crippen LogP contribution in [0.1, 0.15) is 39.5 Å². The standard InChI is InChI=1S/C12H20N2O3/c1-3-5-9-6-8(7-15)12(17)14(9)10(4-2)11(13)16/h7-10H,3-6H2,1-2H3,(H2,13,16). The number of aldehydes is 1. The predicted molar refractivity (Wildman–Crippen MR) is 63.0 cm³/mol. The Labute approximate surface area is 101 Å². The Morgan fingerprint density at radius 2 is 2.24 bits per heavy atom. The van der Waals surface area contributed by atoms with Crippen LogP contribution in [0.4, 0.5) is 0 Å². The van der Waals surface area contributed by atoms with Crippen molar-refractivity contribution in [1.82, 2.24) is 4.90 Å². The highest BCUT2D eigenvalue weighted by Gasteiger charge is 2.43. The van der Waals surface area contributed by atoms with Gasteiger partial charge in [-0.1, -0.05) is 20.3 Å². The number of primary amides is 1. The molecule has 0 bridgehead atoms. The fraction of sp³-hybridized carbons (Fsp3) is 0.750. The molecule has 1 rings (SSSR count). The van der Waals surface area contributed by atoms with E-state index in [1.807, 2.05) is 13.8 Å². The van der Waals surface area contributed by atoms with Gasteiger partial charge in [0.1, 0.15) is 12.3 Å². The van der Waals surface area contributed by atoms with Gasteiger partial charge in [-0.05, 0) is 19.3 Å². The van der Waals surface area contributed by atoms with Crippen molar-refractivity contribution in [3.63, 3.8) is 0 Å². The normalized spacial score (nSPS) is 26.0. The second-order valence-corrected chi connectivity index (χ2v) is 4.49. The first kappa shape index (κ1) is 13.7. The van der Waals surface area contributed by atoms with Crippen LogP contribution in [-0.2, 0) is 14.4 Å². The van der Waals surface area contributed by atoms with E-state index in [4.69, 9.17) is 5.73 Å². The van der Waals surface area contributed by atoms with Gasteiger partial charge in [0, 0.05) is 6.04 Å². The number of carbonyl (C=O) groups is 3. The van der Waals surface area contributed by atoms with Crippen LogP contribution < -0.4 is 5.73 Å². The Morgan fingerprint density at radius 3 is 2.65 bits per heavy atom.